The molecule has 2 nitrogen and oxygen atoms in total. The maximum Gasteiger partial charge on any atom is 0.133 e. The first kappa shape index (κ1) is 15.1. The molecule has 0 amide bonds. The first-order valence-electron chi connectivity index (χ1n) is 6.90. The highest BCUT2D eigenvalue weighted by molar-refractivity contribution is 9.10. The van der Waals surface area contributed by atoms with Crippen LogP contribution in [0.25, 0.3) is 0 Å². The highest BCUT2D eigenvalue weighted by Gasteiger charge is 2.06. The molecule has 0 aliphatic carbocycles. The van der Waals surface area contributed by atoms with Crippen LogP contribution in [0.4, 0.5) is 0 Å². The summed E-state index contributed by atoms with van der Waals surface area (Å²) in [5, 5.41) is 0. The molecule has 2 aromatic rings. The predicted octanol–water partition coefficient (Wildman–Crippen LogP) is 5.21. The van der Waals surface area contributed by atoms with E-state index >= 15 is 0 Å². The second-order valence-corrected chi connectivity index (χ2v) is 5.85. The molecular weight excluding hydrogens is 314 g/mol. The smallest absolute Gasteiger partial charge is 0.133 e. The van der Waals surface area contributed by atoms with Crippen molar-refractivity contribution in [3.8, 4) is 11.5 Å². The maximum absolute atomic E-state index is 5.94. The van der Waals surface area contributed by atoms with Crippen LogP contribution in [0.15, 0.2) is 46.9 Å². The minimum atomic E-state index is 0.466. The van der Waals surface area contributed by atoms with E-state index in [4.69, 9.17) is 10.5 Å². The summed E-state index contributed by atoms with van der Waals surface area (Å²) in [6, 6.07) is 14.2. The van der Waals surface area contributed by atoms with Crippen LogP contribution in [-0.2, 0) is 6.54 Å². The Hall–Kier alpha value is -1.32. The zero-order valence-electron chi connectivity index (χ0n) is 11.9. The van der Waals surface area contributed by atoms with Crippen LogP contribution in [0.3, 0.4) is 0 Å². The zero-order chi connectivity index (χ0) is 14.5. The van der Waals surface area contributed by atoms with Crippen molar-refractivity contribution in [3.05, 3.63) is 58.1 Å². The number of halogens is 1. The average Bonchev–Trinajstić information content (AvgIpc) is 2.47. The molecule has 2 N–H and O–H groups in total. The molecule has 2 aromatic carbocycles. The monoisotopic (exact) mass is 333 g/mol. The van der Waals surface area contributed by atoms with Crippen LogP contribution >= 0.6 is 15.9 Å². The van der Waals surface area contributed by atoms with E-state index in [0.29, 0.717) is 12.5 Å². The highest BCUT2D eigenvalue weighted by Crippen LogP contribution is 2.29. The fourth-order valence-corrected chi connectivity index (χ4v) is 2.36. The Bertz CT molecular complexity index is 566. The van der Waals surface area contributed by atoms with Crippen molar-refractivity contribution in [2.24, 2.45) is 5.73 Å². The van der Waals surface area contributed by atoms with E-state index in [2.05, 4.69) is 41.9 Å². The predicted molar refractivity (Wildman–Crippen MR) is 87.3 cm³/mol. The maximum atomic E-state index is 5.94. The Morgan fingerprint density at radius 2 is 1.85 bits per heavy atom. The van der Waals surface area contributed by atoms with Gasteiger partial charge in [-0.2, -0.15) is 0 Å². The van der Waals surface area contributed by atoms with E-state index < -0.39 is 0 Å². The fourth-order valence-electron chi connectivity index (χ4n) is 2.02. The normalized spacial score (nSPS) is 12.2. The third-order valence-corrected chi connectivity index (χ3v) is 4.03. The van der Waals surface area contributed by atoms with Crippen LogP contribution in [0.5, 0.6) is 11.5 Å². The molecule has 0 aliphatic heterocycles. The van der Waals surface area contributed by atoms with Gasteiger partial charge in [-0.15, -0.1) is 0 Å². The van der Waals surface area contributed by atoms with Gasteiger partial charge in [0.1, 0.15) is 11.5 Å². The lowest BCUT2D eigenvalue weighted by Gasteiger charge is -2.12. The molecule has 2 rings (SSSR count). The minimum absolute atomic E-state index is 0.466. The van der Waals surface area contributed by atoms with Gasteiger partial charge in [0.05, 0.1) is 0 Å². The number of ether oxygens (including phenoxy) is 1. The Morgan fingerprint density at radius 3 is 2.45 bits per heavy atom. The summed E-state index contributed by atoms with van der Waals surface area (Å²) in [6.07, 6.45) is 1.14. The second-order valence-electron chi connectivity index (χ2n) is 4.94. The van der Waals surface area contributed by atoms with Gasteiger partial charge in [0.15, 0.2) is 0 Å². The molecule has 1 atom stereocenters. The third-order valence-electron chi connectivity index (χ3n) is 3.54. The van der Waals surface area contributed by atoms with Crippen LogP contribution in [0.2, 0.25) is 0 Å². The fraction of sp³-hybridized carbons (Fsp3) is 0.294. The summed E-state index contributed by atoms with van der Waals surface area (Å²) in [5.74, 6) is 2.22. The largest absolute Gasteiger partial charge is 0.457 e. The number of hydrogen-bond donors (Lipinski definition) is 1. The lowest BCUT2D eigenvalue weighted by atomic mass is 9.99. The van der Waals surface area contributed by atoms with Crippen molar-refractivity contribution in [1.29, 1.82) is 0 Å². The summed E-state index contributed by atoms with van der Waals surface area (Å²) in [4.78, 5) is 0. The third kappa shape index (κ3) is 3.62. The molecule has 0 bridgehead atoms. The highest BCUT2D eigenvalue weighted by atomic mass is 79.9. The minimum Gasteiger partial charge on any atom is -0.457 e. The number of benzene rings is 2. The summed E-state index contributed by atoms with van der Waals surface area (Å²) in [5.41, 5.74) is 8.08. The van der Waals surface area contributed by atoms with Gasteiger partial charge in [0.25, 0.3) is 0 Å². The van der Waals surface area contributed by atoms with E-state index in [1.54, 1.807) is 0 Å². The van der Waals surface area contributed by atoms with Gasteiger partial charge in [-0.3, -0.25) is 0 Å². The zero-order valence-corrected chi connectivity index (χ0v) is 13.5. The van der Waals surface area contributed by atoms with Gasteiger partial charge >= 0.3 is 0 Å². The molecule has 0 spiro atoms. The average molecular weight is 334 g/mol. The number of hydrogen-bond acceptors (Lipinski definition) is 2. The second kappa shape index (κ2) is 6.91. The van der Waals surface area contributed by atoms with Crippen molar-refractivity contribution >= 4 is 15.9 Å². The number of nitrogens with two attached hydrogens (primary N) is 1. The van der Waals surface area contributed by atoms with E-state index in [1.165, 1.54) is 5.56 Å². The van der Waals surface area contributed by atoms with Crippen LogP contribution < -0.4 is 10.5 Å². The van der Waals surface area contributed by atoms with Crippen molar-refractivity contribution in [2.45, 2.75) is 32.7 Å². The summed E-state index contributed by atoms with van der Waals surface area (Å²) in [6.45, 7) is 4.90. The lowest BCUT2D eigenvalue weighted by Crippen LogP contribution is -1.99. The first-order chi connectivity index (χ1) is 9.63. The molecule has 0 aliphatic rings. The number of rotatable bonds is 5. The van der Waals surface area contributed by atoms with Crippen LogP contribution in [-0.4, -0.2) is 0 Å². The Morgan fingerprint density at radius 1 is 1.15 bits per heavy atom. The molecule has 0 radical (unpaired) electrons. The van der Waals surface area contributed by atoms with Gasteiger partial charge in [-0.25, -0.2) is 0 Å². The molecule has 3 heteroatoms. The Labute approximate surface area is 129 Å². The SMILES string of the molecule is CCC(C)c1ccc(Oc2cc(Br)ccc2CN)cc1. The Kier molecular flexibility index (Phi) is 5.21. The molecule has 0 saturated heterocycles. The summed E-state index contributed by atoms with van der Waals surface area (Å²) >= 11 is 3.46. The quantitative estimate of drug-likeness (QED) is 0.814. The molecule has 1 unspecified atom stereocenters. The van der Waals surface area contributed by atoms with Gasteiger partial charge in [0, 0.05) is 16.6 Å². The molecule has 0 heterocycles. The van der Waals surface area contributed by atoms with E-state index in [0.717, 1.165) is 28.0 Å². The van der Waals surface area contributed by atoms with Gasteiger partial charge in [-0.05, 0) is 42.2 Å². The van der Waals surface area contributed by atoms with Gasteiger partial charge in [-0.1, -0.05) is 48.0 Å². The van der Waals surface area contributed by atoms with Crippen molar-refractivity contribution in [1.82, 2.24) is 0 Å². The topological polar surface area (TPSA) is 35.2 Å². The lowest BCUT2D eigenvalue weighted by molar-refractivity contribution is 0.475. The summed E-state index contributed by atoms with van der Waals surface area (Å²) < 4.78 is 6.93. The first-order valence-corrected chi connectivity index (χ1v) is 7.69. The Balaban J connectivity index is 2.20. The van der Waals surface area contributed by atoms with E-state index in [1.807, 2.05) is 30.3 Å². The van der Waals surface area contributed by atoms with Crippen LogP contribution in [0, 0.1) is 0 Å². The standard InChI is InChI=1S/C17H20BrNO/c1-3-12(2)13-5-8-16(9-6-13)20-17-10-15(18)7-4-14(17)11-19/h4-10,12H,3,11,19H2,1-2H3. The molecule has 0 aromatic heterocycles. The van der Waals surface area contributed by atoms with Crippen molar-refractivity contribution in [3.63, 3.8) is 0 Å². The van der Waals surface area contributed by atoms with Gasteiger partial charge in [0.2, 0.25) is 0 Å². The van der Waals surface area contributed by atoms with Gasteiger partial charge < -0.3 is 10.5 Å². The molecule has 0 saturated carbocycles. The van der Waals surface area contributed by atoms with E-state index in [-0.39, 0.29) is 0 Å². The molecule has 20 heavy (non-hydrogen) atoms. The van der Waals surface area contributed by atoms with Crippen molar-refractivity contribution in [2.75, 3.05) is 0 Å². The van der Waals surface area contributed by atoms with Crippen LogP contribution in [0.1, 0.15) is 37.3 Å². The van der Waals surface area contributed by atoms with Crippen molar-refractivity contribution < 1.29 is 4.74 Å². The molecule has 0 fully saturated rings. The molecule has 106 valence electrons. The summed E-state index contributed by atoms with van der Waals surface area (Å²) in [7, 11) is 0. The molecular formula is C17H20BrNO. The van der Waals surface area contributed by atoms with E-state index in [9.17, 15) is 0 Å².